The lowest BCUT2D eigenvalue weighted by Gasteiger charge is -2.02. The summed E-state index contributed by atoms with van der Waals surface area (Å²) in [6, 6.07) is 0. The fourth-order valence-corrected chi connectivity index (χ4v) is 2.04. The molecule has 0 saturated carbocycles. The Kier molecular flexibility index (Phi) is 3.88. The molecule has 0 fully saturated rings. The number of carbonyl (C=O) groups excluding carboxylic acids is 1. The minimum atomic E-state index is -0.229. The van der Waals surface area contributed by atoms with Crippen molar-refractivity contribution in [1.29, 1.82) is 0 Å². The number of anilines is 1. The largest absolute Gasteiger partial charge is 0.374 e. The zero-order valence-corrected chi connectivity index (χ0v) is 10.8. The maximum Gasteiger partial charge on any atom is 0.282 e. The normalized spacial score (nSPS) is 10.5. The SMILES string of the molecule is Cc1[nH]ncc1CCCNC(=O)c1nnc(N)s1. The summed E-state index contributed by atoms with van der Waals surface area (Å²) in [6.45, 7) is 2.56. The van der Waals surface area contributed by atoms with Crippen LogP contribution in [0, 0.1) is 6.92 Å². The van der Waals surface area contributed by atoms with Crippen LogP contribution >= 0.6 is 11.3 Å². The third-order valence-corrected chi connectivity index (χ3v) is 3.23. The molecule has 2 aromatic heterocycles. The van der Waals surface area contributed by atoms with E-state index in [0.29, 0.717) is 16.7 Å². The van der Waals surface area contributed by atoms with Gasteiger partial charge >= 0.3 is 0 Å². The Morgan fingerprint density at radius 2 is 2.39 bits per heavy atom. The van der Waals surface area contributed by atoms with Gasteiger partial charge in [-0.05, 0) is 25.3 Å². The van der Waals surface area contributed by atoms with Crippen LogP contribution in [0.15, 0.2) is 6.20 Å². The number of aryl methyl sites for hydroxylation is 2. The maximum absolute atomic E-state index is 11.6. The fraction of sp³-hybridized carbons (Fsp3) is 0.400. The first kappa shape index (κ1) is 12.5. The highest BCUT2D eigenvalue weighted by Gasteiger charge is 2.10. The fourth-order valence-electron chi connectivity index (χ4n) is 1.51. The van der Waals surface area contributed by atoms with Gasteiger partial charge in [-0.3, -0.25) is 9.89 Å². The third kappa shape index (κ3) is 3.04. The summed E-state index contributed by atoms with van der Waals surface area (Å²) in [6.07, 6.45) is 3.53. The van der Waals surface area contributed by atoms with E-state index in [9.17, 15) is 4.79 Å². The summed E-state index contributed by atoms with van der Waals surface area (Å²) in [4.78, 5) is 11.6. The van der Waals surface area contributed by atoms with Gasteiger partial charge in [0.15, 0.2) is 0 Å². The van der Waals surface area contributed by atoms with Gasteiger partial charge in [-0.2, -0.15) is 5.10 Å². The molecule has 4 N–H and O–H groups in total. The number of carbonyl (C=O) groups is 1. The number of aromatic amines is 1. The predicted octanol–water partition coefficient (Wildman–Crippen LogP) is 0.514. The summed E-state index contributed by atoms with van der Waals surface area (Å²) in [5.41, 5.74) is 7.65. The summed E-state index contributed by atoms with van der Waals surface area (Å²) in [5, 5.41) is 17.5. The second-order valence-corrected chi connectivity index (χ2v) is 4.83. The van der Waals surface area contributed by atoms with Crippen molar-refractivity contribution in [3.05, 3.63) is 22.5 Å². The molecule has 0 saturated heterocycles. The van der Waals surface area contributed by atoms with Gasteiger partial charge in [-0.1, -0.05) is 11.3 Å². The number of hydrogen-bond acceptors (Lipinski definition) is 6. The predicted molar refractivity (Wildman–Crippen MR) is 68.3 cm³/mol. The highest BCUT2D eigenvalue weighted by molar-refractivity contribution is 7.16. The minimum Gasteiger partial charge on any atom is -0.374 e. The first-order valence-corrected chi connectivity index (χ1v) is 6.34. The molecule has 0 aromatic carbocycles. The second kappa shape index (κ2) is 5.58. The Morgan fingerprint density at radius 3 is 3.00 bits per heavy atom. The minimum absolute atomic E-state index is 0.229. The Bertz CT molecular complexity index is 534. The molecule has 0 aliphatic rings. The summed E-state index contributed by atoms with van der Waals surface area (Å²) in [7, 11) is 0. The van der Waals surface area contributed by atoms with Crippen LogP contribution in [0.4, 0.5) is 5.13 Å². The molecule has 0 radical (unpaired) electrons. The molecule has 0 unspecified atom stereocenters. The van der Waals surface area contributed by atoms with Crippen LogP contribution in [0.1, 0.15) is 27.5 Å². The summed E-state index contributed by atoms with van der Waals surface area (Å²) >= 11 is 1.08. The number of hydrogen-bond donors (Lipinski definition) is 3. The third-order valence-electron chi connectivity index (χ3n) is 2.48. The van der Waals surface area contributed by atoms with Gasteiger partial charge in [0.05, 0.1) is 6.20 Å². The molecule has 2 heterocycles. The first-order valence-electron chi connectivity index (χ1n) is 5.53. The van der Waals surface area contributed by atoms with Crippen molar-refractivity contribution >= 4 is 22.4 Å². The van der Waals surface area contributed by atoms with Crippen molar-refractivity contribution in [2.45, 2.75) is 19.8 Å². The van der Waals surface area contributed by atoms with E-state index in [1.165, 1.54) is 5.56 Å². The molecule has 0 atom stereocenters. The van der Waals surface area contributed by atoms with Crippen LogP contribution in [0.3, 0.4) is 0 Å². The van der Waals surface area contributed by atoms with E-state index < -0.39 is 0 Å². The van der Waals surface area contributed by atoms with Crippen LogP contribution < -0.4 is 11.1 Å². The molecule has 2 rings (SSSR count). The molecule has 1 amide bonds. The van der Waals surface area contributed by atoms with E-state index in [4.69, 9.17) is 5.73 Å². The monoisotopic (exact) mass is 266 g/mol. The number of H-pyrrole nitrogens is 1. The molecule has 0 bridgehead atoms. The zero-order chi connectivity index (χ0) is 13.0. The van der Waals surface area contributed by atoms with Gasteiger partial charge in [0.1, 0.15) is 0 Å². The van der Waals surface area contributed by atoms with Crippen molar-refractivity contribution in [1.82, 2.24) is 25.7 Å². The number of nitrogens with one attached hydrogen (secondary N) is 2. The molecule has 0 aliphatic heterocycles. The van der Waals surface area contributed by atoms with Gasteiger partial charge in [-0.25, -0.2) is 0 Å². The standard InChI is InChI=1S/C10H14N6OS/c1-6-7(5-13-14-6)3-2-4-12-8(17)9-15-16-10(11)18-9/h5H,2-4H2,1H3,(H2,11,16)(H,12,17)(H,13,14). The number of rotatable bonds is 5. The molecule has 96 valence electrons. The van der Waals surface area contributed by atoms with Crippen molar-refractivity contribution in [2.75, 3.05) is 12.3 Å². The highest BCUT2D eigenvalue weighted by atomic mass is 32.1. The van der Waals surface area contributed by atoms with Crippen LogP contribution in [-0.4, -0.2) is 32.8 Å². The van der Waals surface area contributed by atoms with Gasteiger partial charge in [-0.15, -0.1) is 10.2 Å². The first-order chi connectivity index (χ1) is 8.66. The molecule has 7 nitrogen and oxygen atoms in total. The molecular weight excluding hydrogens is 252 g/mol. The summed E-state index contributed by atoms with van der Waals surface area (Å²) < 4.78 is 0. The van der Waals surface area contributed by atoms with Crippen LogP contribution in [0.25, 0.3) is 0 Å². The second-order valence-electron chi connectivity index (χ2n) is 3.83. The summed E-state index contributed by atoms with van der Waals surface area (Å²) in [5.74, 6) is -0.229. The van der Waals surface area contributed by atoms with E-state index >= 15 is 0 Å². The molecule has 0 spiro atoms. The topological polar surface area (TPSA) is 110 Å². The Balaban J connectivity index is 1.73. The zero-order valence-electron chi connectivity index (χ0n) is 9.93. The van der Waals surface area contributed by atoms with E-state index in [0.717, 1.165) is 29.9 Å². The number of nitrogens with zero attached hydrogens (tertiary/aromatic N) is 3. The van der Waals surface area contributed by atoms with Gasteiger partial charge in [0, 0.05) is 12.2 Å². The van der Waals surface area contributed by atoms with E-state index in [1.54, 1.807) is 0 Å². The van der Waals surface area contributed by atoms with Crippen molar-refractivity contribution in [3.8, 4) is 0 Å². The number of amides is 1. The molecule has 8 heteroatoms. The molecule has 0 aliphatic carbocycles. The van der Waals surface area contributed by atoms with Gasteiger partial charge in [0.2, 0.25) is 10.1 Å². The lowest BCUT2D eigenvalue weighted by Crippen LogP contribution is -2.24. The Labute approximate surface area is 108 Å². The van der Waals surface area contributed by atoms with E-state index in [-0.39, 0.29) is 5.91 Å². The molecule has 2 aromatic rings. The van der Waals surface area contributed by atoms with Crippen molar-refractivity contribution in [3.63, 3.8) is 0 Å². The van der Waals surface area contributed by atoms with Crippen molar-refractivity contribution in [2.24, 2.45) is 0 Å². The molecule has 18 heavy (non-hydrogen) atoms. The quantitative estimate of drug-likeness (QED) is 0.683. The lowest BCUT2D eigenvalue weighted by molar-refractivity contribution is 0.0952. The molecular formula is C10H14N6OS. The van der Waals surface area contributed by atoms with Crippen LogP contribution in [-0.2, 0) is 6.42 Å². The van der Waals surface area contributed by atoms with E-state index in [2.05, 4.69) is 25.7 Å². The van der Waals surface area contributed by atoms with Gasteiger partial charge in [0.25, 0.3) is 5.91 Å². The average molecular weight is 266 g/mol. The maximum atomic E-state index is 11.6. The number of aromatic nitrogens is 4. The lowest BCUT2D eigenvalue weighted by atomic mass is 10.1. The van der Waals surface area contributed by atoms with Gasteiger partial charge < -0.3 is 11.1 Å². The average Bonchev–Trinajstić information content (AvgIpc) is 2.94. The van der Waals surface area contributed by atoms with E-state index in [1.807, 2.05) is 13.1 Å². The Morgan fingerprint density at radius 1 is 1.56 bits per heavy atom. The van der Waals surface area contributed by atoms with Crippen molar-refractivity contribution < 1.29 is 4.79 Å². The number of nitrogens with two attached hydrogens (primary N) is 1. The highest BCUT2D eigenvalue weighted by Crippen LogP contribution is 2.10. The smallest absolute Gasteiger partial charge is 0.282 e. The Hall–Kier alpha value is -1.96. The van der Waals surface area contributed by atoms with Crippen LogP contribution in [0.2, 0.25) is 0 Å². The van der Waals surface area contributed by atoms with Crippen LogP contribution in [0.5, 0.6) is 0 Å². The number of nitrogen functional groups attached to an aromatic ring is 1.